The molecule has 0 N–H and O–H groups in total. The van der Waals surface area contributed by atoms with E-state index in [4.69, 9.17) is 0 Å². The molecule has 6 heteroatoms. The Kier molecular flexibility index (Phi) is 11.0. The van der Waals surface area contributed by atoms with Crippen LogP contribution >= 0.6 is 17.5 Å². The zero-order valence-corrected chi connectivity index (χ0v) is 26.0. The third-order valence-electron chi connectivity index (χ3n) is 7.82. The summed E-state index contributed by atoms with van der Waals surface area (Å²) in [7, 11) is 12.2. The van der Waals surface area contributed by atoms with Gasteiger partial charge >= 0.3 is 27.7 Å². The summed E-state index contributed by atoms with van der Waals surface area (Å²) < 4.78 is 0. The molecule has 2 heterocycles. The van der Waals surface area contributed by atoms with E-state index in [1.807, 2.05) is 20.2 Å². The second kappa shape index (κ2) is 13.5. The van der Waals surface area contributed by atoms with E-state index in [9.17, 15) is 4.79 Å². The topological polar surface area (TPSA) is 23.6 Å². The van der Waals surface area contributed by atoms with Crippen LogP contribution in [0, 0.1) is 12.0 Å². The monoisotopic (exact) mass is 626 g/mol. The van der Waals surface area contributed by atoms with Crippen molar-refractivity contribution < 1.29 is 23.0 Å². The van der Waals surface area contributed by atoms with Gasteiger partial charge in [-0.1, -0.05) is 67.6 Å². The van der Waals surface area contributed by atoms with Crippen LogP contribution in [0.5, 0.6) is 0 Å². The number of halogens is 1. The van der Waals surface area contributed by atoms with Crippen LogP contribution in [0.2, 0.25) is 0 Å². The average molecular weight is 628 g/mol. The minimum absolute atomic E-state index is 0.199. The molecule has 1 saturated heterocycles. The third kappa shape index (κ3) is 6.38. The standard InChI is InChI=1S/C17H22NOP.C14H16N.ClH.Pd/c1-11-12(2)16-14(17(19)18(3)4)10-15(11)20(16)13-8-6-5-7-9-13;1-11(15(2)3)13-10-6-8-12-7-4-5-9-14(12)13;;/h5-9,14-16H,10H2,1-4H3;4-9,11H,1-3H3;1H;/q;-1;;+2/p-1/t14-,15-,16-,20-;11-;;/m00../s1. The van der Waals surface area contributed by atoms with Crippen LogP contribution in [0.15, 0.2) is 77.9 Å². The molecule has 0 aliphatic carbocycles. The molecule has 200 valence electrons. The molecular weight excluding hydrogens is 589 g/mol. The van der Waals surface area contributed by atoms with Crippen LogP contribution in [-0.4, -0.2) is 55.2 Å². The Morgan fingerprint density at radius 3 is 2.22 bits per heavy atom. The first-order valence-corrected chi connectivity index (χ1v) is 16.1. The van der Waals surface area contributed by atoms with Crippen LogP contribution < -0.4 is 5.30 Å². The molecule has 0 aromatic heterocycles. The van der Waals surface area contributed by atoms with Crippen LogP contribution in [-0.2, 0) is 23.0 Å². The van der Waals surface area contributed by atoms with Gasteiger partial charge in [0.15, 0.2) is 0 Å². The van der Waals surface area contributed by atoms with Gasteiger partial charge in [-0.25, -0.2) is 0 Å². The van der Waals surface area contributed by atoms with Crippen molar-refractivity contribution in [1.29, 1.82) is 0 Å². The first-order valence-electron chi connectivity index (χ1n) is 12.6. The number of rotatable bonds is 4. The number of amides is 1. The summed E-state index contributed by atoms with van der Waals surface area (Å²) in [5.41, 5.74) is 5.39. The van der Waals surface area contributed by atoms with Crippen molar-refractivity contribution in [2.24, 2.45) is 5.92 Å². The molecule has 2 aliphatic heterocycles. The van der Waals surface area contributed by atoms with Crippen LogP contribution in [0.3, 0.4) is 0 Å². The van der Waals surface area contributed by atoms with Gasteiger partial charge in [0, 0.05) is 37.4 Å². The minimum atomic E-state index is -0.248. The molecule has 3 nitrogen and oxygen atoms in total. The van der Waals surface area contributed by atoms with Crippen molar-refractivity contribution in [3.8, 4) is 0 Å². The summed E-state index contributed by atoms with van der Waals surface area (Å²) in [4.78, 5) is 16.5. The van der Waals surface area contributed by atoms with Crippen molar-refractivity contribution in [3.05, 3.63) is 89.5 Å². The fraction of sp³-hybridized carbons (Fsp3) is 0.387. The van der Waals surface area contributed by atoms with Gasteiger partial charge in [-0.05, 0) is 46.6 Å². The maximum atomic E-state index is 12.5. The molecule has 3 aromatic rings. The predicted molar refractivity (Wildman–Crippen MR) is 156 cm³/mol. The van der Waals surface area contributed by atoms with E-state index < -0.39 is 0 Å². The van der Waals surface area contributed by atoms with E-state index >= 15 is 0 Å². The zero-order valence-electron chi connectivity index (χ0n) is 22.8. The third-order valence-corrected chi connectivity index (χ3v) is 11.3. The van der Waals surface area contributed by atoms with Crippen molar-refractivity contribution >= 4 is 39.4 Å². The number of benzene rings is 3. The molecule has 2 aliphatic rings. The SMILES string of the molecule is CC1=C(C)[C@H]2[C@@H](C(=O)N(C)C)C[C@@H]1[P@]2c1ccccc1.C[C@@H](c1[c-]ccc2ccccc12)N(C)C.[Cl][Pd+]. The molecule has 1 amide bonds. The fourth-order valence-electron chi connectivity index (χ4n) is 5.56. The molecular formula is C31H38ClN2OPPd. The van der Waals surface area contributed by atoms with Crippen molar-refractivity contribution in [3.63, 3.8) is 0 Å². The van der Waals surface area contributed by atoms with Gasteiger partial charge in [-0.3, -0.25) is 4.79 Å². The predicted octanol–water partition coefficient (Wildman–Crippen LogP) is 6.94. The van der Waals surface area contributed by atoms with E-state index in [0.29, 0.717) is 23.3 Å². The van der Waals surface area contributed by atoms with Crippen LogP contribution in [0.25, 0.3) is 10.8 Å². The van der Waals surface area contributed by atoms with E-state index in [-0.39, 0.29) is 13.8 Å². The second-order valence-electron chi connectivity index (χ2n) is 10.3. The maximum absolute atomic E-state index is 12.5. The zero-order chi connectivity index (χ0) is 27.3. The summed E-state index contributed by atoms with van der Waals surface area (Å²) >= 11 is 2.22. The molecule has 3 aromatic carbocycles. The molecule has 5 atom stereocenters. The normalized spacial score (nSPS) is 22.8. The molecule has 2 bridgehead atoms. The number of nitrogens with zero attached hydrogens (tertiary/aromatic N) is 2. The second-order valence-corrected chi connectivity index (χ2v) is 12.8. The van der Waals surface area contributed by atoms with Crippen LogP contribution in [0.4, 0.5) is 0 Å². The summed E-state index contributed by atoms with van der Waals surface area (Å²) in [5.74, 6) is 0.512. The van der Waals surface area contributed by atoms with E-state index in [1.54, 1.807) is 10.5 Å². The summed E-state index contributed by atoms with van der Waals surface area (Å²) in [6, 6.07) is 27.2. The van der Waals surface area contributed by atoms with Gasteiger partial charge in [-0.2, -0.15) is 18.2 Å². The Morgan fingerprint density at radius 2 is 1.59 bits per heavy atom. The Labute approximate surface area is 239 Å². The molecule has 0 unspecified atom stereocenters. The Hall–Kier alpha value is -1.53. The number of carbonyl (C=O) groups is 1. The molecule has 37 heavy (non-hydrogen) atoms. The van der Waals surface area contributed by atoms with Gasteiger partial charge in [0.1, 0.15) is 0 Å². The quantitative estimate of drug-likeness (QED) is 0.136. The van der Waals surface area contributed by atoms with Gasteiger partial charge in [0.25, 0.3) is 0 Å². The molecule has 0 spiro atoms. The number of hydrogen-bond donors (Lipinski definition) is 0. The summed E-state index contributed by atoms with van der Waals surface area (Å²) in [6.45, 7) is 6.72. The number of allylic oxidation sites excluding steroid dienone is 2. The van der Waals surface area contributed by atoms with E-state index in [2.05, 4.69) is 134 Å². The van der Waals surface area contributed by atoms with Crippen molar-refractivity contribution in [2.45, 2.75) is 44.6 Å². The van der Waals surface area contributed by atoms with E-state index in [1.165, 1.54) is 27.2 Å². The Balaban J connectivity index is 0.000000200. The summed E-state index contributed by atoms with van der Waals surface area (Å²) in [5, 5.41) is 4.06. The molecule has 0 saturated carbocycles. The van der Waals surface area contributed by atoms with Gasteiger partial charge in [0.05, 0.1) is 0 Å². The Bertz CT molecular complexity index is 1220. The molecule has 0 radical (unpaired) electrons. The Morgan fingerprint density at radius 1 is 0.973 bits per heavy atom. The summed E-state index contributed by atoms with van der Waals surface area (Å²) in [6.07, 6.45) is 1.05. The first kappa shape index (κ1) is 30.0. The van der Waals surface area contributed by atoms with Crippen molar-refractivity contribution in [1.82, 2.24) is 9.80 Å². The molecule has 1 fully saturated rings. The number of carbonyl (C=O) groups excluding carboxylic acids is 1. The van der Waals surface area contributed by atoms with Gasteiger partial charge in [-0.15, -0.1) is 22.4 Å². The van der Waals surface area contributed by atoms with Gasteiger partial charge in [0.2, 0.25) is 5.91 Å². The van der Waals surface area contributed by atoms with Crippen molar-refractivity contribution in [2.75, 3.05) is 28.2 Å². The first-order chi connectivity index (χ1) is 17.7. The molecule has 5 rings (SSSR count). The van der Waals surface area contributed by atoms with Crippen LogP contribution in [0.1, 0.15) is 38.8 Å². The average Bonchev–Trinajstić information content (AvgIpc) is 3.43. The van der Waals surface area contributed by atoms with E-state index in [0.717, 1.165) is 6.42 Å². The fourth-order valence-corrected chi connectivity index (χ4v) is 9.48. The van der Waals surface area contributed by atoms with Gasteiger partial charge < -0.3 is 9.80 Å². The number of hydrogen-bond acceptors (Lipinski definition) is 2. The number of fused-ring (bicyclic) bond motifs is 3.